The van der Waals surface area contributed by atoms with Gasteiger partial charge in [0, 0.05) is 24.1 Å². The van der Waals surface area contributed by atoms with Crippen molar-refractivity contribution in [3.63, 3.8) is 0 Å². The first-order valence-corrected chi connectivity index (χ1v) is 9.86. The van der Waals surface area contributed by atoms with Gasteiger partial charge >= 0.3 is 0 Å². The number of rotatable bonds is 8. The Morgan fingerprint density at radius 3 is 2.71 bits per heavy atom. The van der Waals surface area contributed by atoms with E-state index in [0.29, 0.717) is 16.4 Å². The van der Waals surface area contributed by atoms with Crippen molar-refractivity contribution in [2.75, 3.05) is 26.8 Å². The fourth-order valence-corrected chi connectivity index (χ4v) is 4.14. The van der Waals surface area contributed by atoms with E-state index in [9.17, 15) is 13.6 Å². The third-order valence-electron chi connectivity index (χ3n) is 4.27. The van der Waals surface area contributed by atoms with Crippen molar-refractivity contribution < 1.29 is 18.3 Å². The minimum atomic E-state index is -2.60. The number of carbonyl (C=O) groups excluding carboxylic acids is 1. The van der Waals surface area contributed by atoms with Crippen LogP contribution in [-0.2, 0) is 11.3 Å². The number of alkyl halides is 2. The van der Waals surface area contributed by atoms with Crippen LogP contribution in [0.25, 0.3) is 10.2 Å². The zero-order chi connectivity index (χ0) is 20.3. The molecule has 0 spiro atoms. The molecule has 0 unspecified atom stereocenters. The number of methoxy groups -OCH3 is 1. The molecule has 0 saturated heterocycles. The number of halogens is 3. The molecule has 3 rings (SSSR count). The number of carbonyl (C=O) groups is 1. The Hall–Kier alpha value is -2.03. The summed E-state index contributed by atoms with van der Waals surface area (Å²) in [5.74, 6) is -0.420. The molecule has 0 radical (unpaired) electrons. The molecule has 0 aliphatic rings. The van der Waals surface area contributed by atoms with Crippen LogP contribution in [0.4, 0.5) is 8.78 Å². The predicted octanol–water partition coefficient (Wildman–Crippen LogP) is 4.46. The maximum absolute atomic E-state index is 12.9. The number of aromatic nitrogens is 2. The summed E-state index contributed by atoms with van der Waals surface area (Å²) in [4.78, 5) is 15.2. The van der Waals surface area contributed by atoms with Crippen LogP contribution in [0.1, 0.15) is 20.9 Å². The molecule has 0 aliphatic carbocycles. The van der Waals surface area contributed by atoms with Crippen LogP contribution in [0.15, 0.2) is 30.3 Å². The highest BCUT2D eigenvalue weighted by Gasteiger charge is 2.23. The Labute approximate surface area is 170 Å². The van der Waals surface area contributed by atoms with Gasteiger partial charge in [0.05, 0.1) is 30.3 Å². The zero-order valence-electron chi connectivity index (χ0n) is 15.5. The van der Waals surface area contributed by atoms with Gasteiger partial charge in [0.15, 0.2) is 0 Å². The number of aryl methyl sites for hydroxylation is 1. The molecule has 0 fully saturated rings. The number of nitrogens with zero attached hydrogens (tertiary/aromatic N) is 3. The maximum atomic E-state index is 12.9. The van der Waals surface area contributed by atoms with Gasteiger partial charge in [-0.3, -0.25) is 9.48 Å². The van der Waals surface area contributed by atoms with Crippen molar-refractivity contribution >= 4 is 39.1 Å². The van der Waals surface area contributed by atoms with Crippen LogP contribution in [-0.4, -0.2) is 53.8 Å². The monoisotopic (exact) mass is 427 g/mol. The van der Waals surface area contributed by atoms with Gasteiger partial charge in [0.1, 0.15) is 4.83 Å². The van der Waals surface area contributed by atoms with Gasteiger partial charge in [-0.05, 0) is 30.7 Å². The summed E-state index contributed by atoms with van der Waals surface area (Å²) in [5, 5.41) is 6.05. The summed E-state index contributed by atoms with van der Waals surface area (Å²) in [7, 11) is 1.47. The average molecular weight is 428 g/mol. The lowest BCUT2D eigenvalue weighted by molar-refractivity contribution is 0.0482. The fraction of sp³-hybridized carbons (Fsp3) is 0.368. The van der Waals surface area contributed by atoms with Crippen LogP contribution in [0, 0.1) is 6.92 Å². The van der Waals surface area contributed by atoms with Gasteiger partial charge in [-0.25, -0.2) is 8.78 Å². The molecule has 9 heteroatoms. The Kier molecular flexibility index (Phi) is 6.64. The third-order valence-corrected chi connectivity index (χ3v) is 5.66. The number of thiophene rings is 1. The van der Waals surface area contributed by atoms with Gasteiger partial charge < -0.3 is 9.64 Å². The van der Waals surface area contributed by atoms with E-state index in [1.165, 1.54) is 18.4 Å². The van der Waals surface area contributed by atoms with Crippen molar-refractivity contribution in [3.05, 3.63) is 51.5 Å². The van der Waals surface area contributed by atoms with Gasteiger partial charge in [-0.1, -0.05) is 23.7 Å². The average Bonchev–Trinajstić information content (AvgIpc) is 3.21. The van der Waals surface area contributed by atoms with E-state index in [2.05, 4.69) is 5.10 Å². The van der Waals surface area contributed by atoms with E-state index >= 15 is 0 Å². The molecule has 150 valence electrons. The van der Waals surface area contributed by atoms with Gasteiger partial charge in [-0.15, -0.1) is 11.3 Å². The summed E-state index contributed by atoms with van der Waals surface area (Å²) in [6.45, 7) is 2.09. The number of fused-ring (bicyclic) bond motifs is 1. The molecular weight excluding hydrogens is 408 g/mol. The quantitative estimate of drug-likeness (QED) is 0.533. The number of hydrogen-bond acceptors (Lipinski definition) is 4. The number of hydrogen-bond donors (Lipinski definition) is 0. The van der Waals surface area contributed by atoms with Crippen LogP contribution < -0.4 is 0 Å². The summed E-state index contributed by atoms with van der Waals surface area (Å²) in [6, 6.07) is 9.19. The second kappa shape index (κ2) is 8.98. The molecule has 2 aromatic heterocycles. The first-order chi connectivity index (χ1) is 13.4. The smallest absolute Gasteiger partial charge is 0.264 e. The minimum absolute atomic E-state index is 0.115. The lowest BCUT2D eigenvalue weighted by atomic mass is 10.2. The van der Waals surface area contributed by atoms with Gasteiger partial charge in [0.25, 0.3) is 12.3 Å². The minimum Gasteiger partial charge on any atom is -0.383 e. The van der Waals surface area contributed by atoms with Crippen molar-refractivity contribution in [2.24, 2.45) is 0 Å². The predicted molar refractivity (Wildman–Crippen MR) is 107 cm³/mol. The zero-order valence-corrected chi connectivity index (χ0v) is 17.1. The highest BCUT2D eigenvalue weighted by atomic mass is 35.5. The molecule has 28 heavy (non-hydrogen) atoms. The lowest BCUT2D eigenvalue weighted by Crippen LogP contribution is -2.37. The molecule has 3 aromatic rings. The largest absolute Gasteiger partial charge is 0.383 e. The Morgan fingerprint density at radius 1 is 1.36 bits per heavy atom. The lowest BCUT2D eigenvalue weighted by Gasteiger charge is -2.21. The Balaban J connectivity index is 1.88. The molecule has 2 heterocycles. The van der Waals surface area contributed by atoms with Crippen molar-refractivity contribution in [1.82, 2.24) is 14.7 Å². The summed E-state index contributed by atoms with van der Waals surface area (Å²) in [5.41, 5.74) is 1.81. The van der Waals surface area contributed by atoms with Gasteiger partial charge in [0.2, 0.25) is 0 Å². The molecule has 0 bridgehead atoms. The first-order valence-electron chi connectivity index (χ1n) is 8.66. The van der Waals surface area contributed by atoms with Crippen LogP contribution >= 0.6 is 22.9 Å². The number of benzene rings is 1. The standard InChI is InChI=1S/C19H20ClF2N3O2S/c1-12-15-9-16(18(26)24(7-8-27-2)11-17(21)22)28-19(15)25(23-12)10-13-3-5-14(20)6-4-13/h3-6,9,17H,7-8,10-11H2,1-2H3. The van der Waals surface area contributed by atoms with Crippen LogP contribution in [0.3, 0.4) is 0 Å². The molecule has 1 amide bonds. The molecular formula is C19H20ClF2N3O2S. The molecule has 0 saturated carbocycles. The number of amides is 1. The van der Waals surface area contributed by atoms with Crippen LogP contribution in [0.2, 0.25) is 5.02 Å². The Bertz CT molecular complexity index is 956. The highest BCUT2D eigenvalue weighted by molar-refractivity contribution is 7.20. The first kappa shape index (κ1) is 20.7. The van der Waals surface area contributed by atoms with Crippen molar-refractivity contribution in [1.29, 1.82) is 0 Å². The van der Waals surface area contributed by atoms with Crippen molar-refractivity contribution in [2.45, 2.75) is 19.9 Å². The van der Waals surface area contributed by atoms with E-state index in [1.807, 2.05) is 35.9 Å². The second-order valence-corrected chi connectivity index (χ2v) is 7.80. The Morgan fingerprint density at radius 2 is 2.07 bits per heavy atom. The van der Waals surface area contributed by atoms with E-state index in [4.69, 9.17) is 16.3 Å². The molecule has 0 N–H and O–H groups in total. The maximum Gasteiger partial charge on any atom is 0.264 e. The summed E-state index contributed by atoms with van der Waals surface area (Å²) >= 11 is 7.19. The summed E-state index contributed by atoms with van der Waals surface area (Å²) in [6.07, 6.45) is -2.60. The molecule has 0 aliphatic heterocycles. The van der Waals surface area contributed by atoms with E-state index in [1.54, 1.807) is 6.07 Å². The van der Waals surface area contributed by atoms with Crippen LogP contribution in [0.5, 0.6) is 0 Å². The SMILES string of the molecule is COCCN(CC(F)F)C(=O)c1cc2c(C)nn(Cc3ccc(Cl)cc3)c2s1. The van der Waals surface area contributed by atoms with E-state index in [-0.39, 0.29) is 13.2 Å². The third kappa shape index (κ3) is 4.68. The van der Waals surface area contributed by atoms with E-state index in [0.717, 1.165) is 26.4 Å². The molecule has 0 atom stereocenters. The second-order valence-electron chi connectivity index (χ2n) is 6.33. The topological polar surface area (TPSA) is 47.4 Å². The highest BCUT2D eigenvalue weighted by Crippen LogP contribution is 2.30. The van der Waals surface area contributed by atoms with Gasteiger partial charge in [-0.2, -0.15) is 5.10 Å². The van der Waals surface area contributed by atoms with Crippen molar-refractivity contribution in [3.8, 4) is 0 Å². The summed E-state index contributed by atoms with van der Waals surface area (Å²) < 4.78 is 32.5. The fourth-order valence-electron chi connectivity index (χ4n) is 2.89. The normalized spacial score (nSPS) is 11.5. The van der Waals surface area contributed by atoms with E-state index < -0.39 is 18.9 Å². The number of ether oxygens (including phenoxy) is 1. The molecule has 5 nitrogen and oxygen atoms in total. The molecule has 1 aromatic carbocycles.